The molecule has 2 rings (SSSR count). The summed E-state index contributed by atoms with van der Waals surface area (Å²) in [5.41, 5.74) is 0.956. The molecule has 0 aliphatic heterocycles. The molecule has 0 saturated carbocycles. The predicted octanol–water partition coefficient (Wildman–Crippen LogP) is 3.78. The van der Waals surface area contributed by atoms with Crippen LogP contribution < -0.4 is 9.47 Å². The third-order valence-electron chi connectivity index (χ3n) is 4.46. The molecule has 1 aliphatic carbocycles. The average Bonchev–Trinajstić information content (AvgIpc) is 2.58. The van der Waals surface area contributed by atoms with E-state index in [-0.39, 0.29) is 5.97 Å². The lowest BCUT2D eigenvalue weighted by Crippen LogP contribution is -2.21. The van der Waals surface area contributed by atoms with Gasteiger partial charge in [0.15, 0.2) is 0 Å². The van der Waals surface area contributed by atoms with E-state index in [1.807, 2.05) is 18.2 Å². The second-order valence-corrected chi connectivity index (χ2v) is 6.04. The van der Waals surface area contributed by atoms with Gasteiger partial charge < -0.3 is 14.2 Å². The van der Waals surface area contributed by atoms with Gasteiger partial charge in [0.1, 0.15) is 11.5 Å². The smallest absolute Gasteiger partial charge is 0.306 e. The Morgan fingerprint density at radius 2 is 1.96 bits per heavy atom. The summed E-state index contributed by atoms with van der Waals surface area (Å²) >= 11 is 0. The highest BCUT2D eigenvalue weighted by atomic mass is 16.5. The standard InChI is InChI=1S/C19H26O4/c1-14-6-4-5-7-16(14)13-23-19(20)11-8-15-12-17(21-2)9-10-18(15)22-3/h4-5,9-10,12,14,16H,6-8,11,13H2,1-3H3. The summed E-state index contributed by atoms with van der Waals surface area (Å²) in [6.45, 7) is 2.72. The van der Waals surface area contributed by atoms with Crippen LogP contribution in [0.4, 0.5) is 0 Å². The number of methoxy groups -OCH3 is 2. The van der Waals surface area contributed by atoms with Crippen LogP contribution in [-0.2, 0) is 16.0 Å². The number of carbonyl (C=O) groups is 1. The summed E-state index contributed by atoms with van der Waals surface area (Å²) in [6, 6.07) is 5.61. The van der Waals surface area contributed by atoms with Crippen molar-refractivity contribution in [2.45, 2.75) is 32.6 Å². The van der Waals surface area contributed by atoms with Crippen molar-refractivity contribution < 1.29 is 19.0 Å². The Morgan fingerprint density at radius 3 is 2.65 bits per heavy atom. The van der Waals surface area contributed by atoms with Gasteiger partial charge in [-0.3, -0.25) is 4.79 Å². The van der Waals surface area contributed by atoms with E-state index in [1.54, 1.807) is 14.2 Å². The first-order valence-corrected chi connectivity index (χ1v) is 8.15. The molecular weight excluding hydrogens is 292 g/mol. The number of allylic oxidation sites excluding steroid dienone is 2. The largest absolute Gasteiger partial charge is 0.497 e. The van der Waals surface area contributed by atoms with Gasteiger partial charge in [-0.15, -0.1) is 0 Å². The van der Waals surface area contributed by atoms with Crippen molar-refractivity contribution in [2.75, 3.05) is 20.8 Å². The van der Waals surface area contributed by atoms with Gasteiger partial charge in [0, 0.05) is 6.42 Å². The van der Waals surface area contributed by atoms with E-state index < -0.39 is 0 Å². The normalized spacial score (nSPS) is 20.1. The maximum atomic E-state index is 12.0. The van der Waals surface area contributed by atoms with Gasteiger partial charge in [-0.1, -0.05) is 19.1 Å². The van der Waals surface area contributed by atoms with Gasteiger partial charge in [-0.25, -0.2) is 0 Å². The molecule has 0 heterocycles. The third kappa shape index (κ3) is 5.02. The second-order valence-electron chi connectivity index (χ2n) is 6.04. The molecule has 23 heavy (non-hydrogen) atoms. The molecule has 4 heteroatoms. The molecular formula is C19H26O4. The number of carbonyl (C=O) groups excluding carboxylic acids is 1. The number of ether oxygens (including phenoxy) is 3. The SMILES string of the molecule is COc1ccc(OC)c(CCC(=O)OCC2CC=CCC2C)c1. The Labute approximate surface area is 138 Å². The molecule has 0 saturated heterocycles. The van der Waals surface area contributed by atoms with Gasteiger partial charge in [0.05, 0.1) is 20.8 Å². The van der Waals surface area contributed by atoms with Gasteiger partial charge in [0.2, 0.25) is 0 Å². The minimum Gasteiger partial charge on any atom is -0.497 e. The summed E-state index contributed by atoms with van der Waals surface area (Å²) in [5.74, 6) is 2.39. The van der Waals surface area contributed by atoms with Crippen LogP contribution in [0.5, 0.6) is 11.5 Å². The zero-order valence-electron chi connectivity index (χ0n) is 14.2. The lowest BCUT2D eigenvalue weighted by Gasteiger charge is -2.24. The van der Waals surface area contributed by atoms with Crippen LogP contribution in [0.2, 0.25) is 0 Å². The van der Waals surface area contributed by atoms with Crippen molar-refractivity contribution in [3.05, 3.63) is 35.9 Å². The van der Waals surface area contributed by atoms with E-state index in [0.717, 1.165) is 29.9 Å². The average molecular weight is 318 g/mol. The van der Waals surface area contributed by atoms with E-state index in [9.17, 15) is 4.79 Å². The van der Waals surface area contributed by atoms with Crippen LogP contribution in [0.25, 0.3) is 0 Å². The zero-order chi connectivity index (χ0) is 16.7. The van der Waals surface area contributed by atoms with Crippen LogP contribution in [0.15, 0.2) is 30.4 Å². The van der Waals surface area contributed by atoms with Crippen molar-refractivity contribution >= 4 is 5.97 Å². The minimum atomic E-state index is -0.156. The molecule has 0 bridgehead atoms. The number of hydrogen-bond donors (Lipinski definition) is 0. The molecule has 0 radical (unpaired) electrons. The molecule has 0 N–H and O–H groups in total. The van der Waals surface area contributed by atoms with E-state index in [2.05, 4.69) is 19.1 Å². The Morgan fingerprint density at radius 1 is 1.17 bits per heavy atom. The first kappa shape index (κ1) is 17.4. The number of aryl methyl sites for hydroxylation is 1. The number of benzene rings is 1. The summed E-state index contributed by atoms with van der Waals surface area (Å²) < 4.78 is 16.0. The van der Waals surface area contributed by atoms with E-state index >= 15 is 0 Å². The Balaban J connectivity index is 1.83. The number of hydrogen-bond acceptors (Lipinski definition) is 4. The van der Waals surface area contributed by atoms with Crippen LogP contribution in [0.3, 0.4) is 0 Å². The number of esters is 1. The summed E-state index contributed by atoms with van der Waals surface area (Å²) in [6.07, 6.45) is 7.39. The van der Waals surface area contributed by atoms with Gasteiger partial charge >= 0.3 is 5.97 Å². The van der Waals surface area contributed by atoms with E-state index in [0.29, 0.717) is 31.3 Å². The molecule has 0 amide bonds. The van der Waals surface area contributed by atoms with Crippen LogP contribution in [-0.4, -0.2) is 26.8 Å². The predicted molar refractivity (Wildman–Crippen MR) is 89.9 cm³/mol. The lowest BCUT2D eigenvalue weighted by atomic mass is 9.85. The molecule has 2 unspecified atom stereocenters. The molecule has 0 fully saturated rings. The van der Waals surface area contributed by atoms with Crippen molar-refractivity contribution in [2.24, 2.45) is 11.8 Å². The maximum absolute atomic E-state index is 12.0. The Bertz CT molecular complexity index is 550. The van der Waals surface area contributed by atoms with Crippen LogP contribution in [0.1, 0.15) is 31.7 Å². The molecule has 1 aliphatic rings. The highest BCUT2D eigenvalue weighted by Gasteiger charge is 2.20. The van der Waals surface area contributed by atoms with Crippen molar-refractivity contribution in [1.29, 1.82) is 0 Å². The molecule has 1 aromatic rings. The monoisotopic (exact) mass is 318 g/mol. The summed E-state index contributed by atoms with van der Waals surface area (Å²) in [7, 11) is 3.25. The highest BCUT2D eigenvalue weighted by molar-refractivity contribution is 5.70. The van der Waals surface area contributed by atoms with Gasteiger partial charge in [-0.2, -0.15) is 0 Å². The summed E-state index contributed by atoms with van der Waals surface area (Å²) in [5, 5.41) is 0. The fraction of sp³-hybridized carbons (Fsp3) is 0.526. The van der Waals surface area contributed by atoms with Crippen LogP contribution in [0, 0.1) is 11.8 Å². The van der Waals surface area contributed by atoms with E-state index in [1.165, 1.54) is 0 Å². The zero-order valence-corrected chi connectivity index (χ0v) is 14.2. The fourth-order valence-corrected chi connectivity index (χ4v) is 2.83. The van der Waals surface area contributed by atoms with Gasteiger partial charge in [0.25, 0.3) is 0 Å². The molecule has 126 valence electrons. The molecule has 4 nitrogen and oxygen atoms in total. The summed E-state index contributed by atoms with van der Waals surface area (Å²) in [4.78, 5) is 12.0. The van der Waals surface area contributed by atoms with Crippen molar-refractivity contribution in [3.63, 3.8) is 0 Å². The first-order chi connectivity index (χ1) is 11.1. The molecule has 0 aromatic heterocycles. The van der Waals surface area contributed by atoms with Crippen molar-refractivity contribution in [1.82, 2.24) is 0 Å². The molecule has 1 aromatic carbocycles. The van der Waals surface area contributed by atoms with Crippen molar-refractivity contribution in [3.8, 4) is 11.5 Å². The van der Waals surface area contributed by atoms with E-state index in [4.69, 9.17) is 14.2 Å². The van der Waals surface area contributed by atoms with Crippen LogP contribution >= 0.6 is 0 Å². The topological polar surface area (TPSA) is 44.8 Å². The fourth-order valence-electron chi connectivity index (χ4n) is 2.83. The van der Waals surface area contributed by atoms with Gasteiger partial charge in [-0.05, 0) is 54.9 Å². The maximum Gasteiger partial charge on any atom is 0.306 e. The first-order valence-electron chi connectivity index (χ1n) is 8.15. The molecule has 0 spiro atoms. The number of rotatable bonds is 7. The Hall–Kier alpha value is -1.97. The second kappa shape index (κ2) is 8.61. The Kier molecular flexibility index (Phi) is 6.51. The minimum absolute atomic E-state index is 0.156. The lowest BCUT2D eigenvalue weighted by molar-refractivity contribution is -0.145. The molecule has 2 atom stereocenters. The highest BCUT2D eigenvalue weighted by Crippen LogP contribution is 2.26. The third-order valence-corrected chi connectivity index (χ3v) is 4.46. The quantitative estimate of drug-likeness (QED) is 0.567.